The van der Waals surface area contributed by atoms with Crippen LogP contribution < -0.4 is 10.6 Å². The predicted octanol–water partition coefficient (Wildman–Crippen LogP) is 1.99. The standard InChI is InChI=1S/C13H23N3O/c1-10(7-12-5-3-4-6-14-12)15-9-13-8-11(2)17-16-13/h8,10,12,14-15H,3-7,9H2,1-2H3. The molecular weight excluding hydrogens is 214 g/mol. The van der Waals surface area contributed by atoms with Gasteiger partial charge in [-0.15, -0.1) is 0 Å². The van der Waals surface area contributed by atoms with Crippen LogP contribution in [0, 0.1) is 6.92 Å². The van der Waals surface area contributed by atoms with Crippen LogP contribution in [0.3, 0.4) is 0 Å². The van der Waals surface area contributed by atoms with E-state index in [4.69, 9.17) is 4.52 Å². The lowest BCUT2D eigenvalue weighted by molar-refractivity contribution is 0.341. The fourth-order valence-electron chi connectivity index (χ4n) is 2.42. The third kappa shape index (κ3) is 4.13. The highest BCUT2D eigenvalue weighted by Crippen LogP contribution is 2.12. The van der Waals surface area contributed by atoms with Crippen molar-refractivity contribution in [2.45, 2.75) is 58.2 Å². The van der Waals surface area contributed by atoms with Crippen LogP contribution in [0.5, 0.6) is 0 Å². The first-order valence-corrected chi connectivity index (χ1v) is 6.63. The van der Waals surface area contributed by atoms with Gasteiger partial charge < -0.3 is 15.2 Å². The summed E-state index contributed by atoms with van der Waals surface area (Å²) in [4.78, 5) is 0. The third-order valence-corrected chi connectivity index (χ3v) is 3.36. The molecule has 0 radical (unpaired) electrons. The molecule has 4 nitrogen and oxygen atoms in total. The molecule has 0 amide bonds. The Morgan fingerprint density at radius 1 is 1.59 bits per heavy atom. The molecule has 2 N–H and O–H groups in total. The average molecular weight is 237 g/mol. The molecular formula is C13H23N3O. The second-order valence-electron chi connectivity index (χ2n) is 5.09. The summed E-state index contributed by atoms with van der Waals surface area (Å²) >= 11 is 0. The Hall–Kier alpha value is -0.870. The highest BCUT2D eigenvalue weighted by molar-refractivity contribution is 5.03. The molecule has 1 aliphatic heterocycles. The Kier molecular flexibility index (Phi) is 4.57. The SMILES string of the molecule is Cc1cc(CNC(C)CC2CCCCN2)no1. The van der Waals surface area contributed by atoms with Crippen molar-refractivity contribution in [3.63, 3.8) is 0 Å². The largest absolute Gasteiger partial charge is 0.361 e. The van der Waals surface area contributed by atoms with E-state index in [0.29, 0.717) is 12.1 Å². The van der Waals surface area contributed by atoms with E-state index in [1.54, 1.807) is 0 Å². The van der Waals surface area contributed by atoms with Gasteiger partial charge in [0.05, 0.1) is 5.69 Å². The van der Waals surface area contributed by atoms with Crippen molar-refractivity contribution in [3.05, 3.63) is 17.5 Å². The van der Waals surface area contributed by atoms with Crippen molar-refractivity contribution < 1.29 is 4.52 Å². The second kappa shape index (κ2) is 6.17. The number of nitrogens with zero attached hydrogens (tertiary/aromatic N) is 1. The molecule has 1 aromatic rings. The first-order valence-electron chi connectivity index (χ1n) is 6.63. The zero-order valence-corrected chi connectivity index (χ0v) is 10.8. The predicted molar refractivity (Wildman–Crippen MR) is 67.8 cm³/mol. The fraction of sp³-hybridized carbons (Fsp3) is 0.769. The highest BCUT2D eigenvalue weighted by Gasteiger charge is 2.15. The van der Waals surface area contributed by atoms with Gasteiger partial charge in [0.2, 0.25) is 0 Å². The maximum Gasteiger partial charge on any atom is 0.133 e. The molecule has 0 aromatic carbocycles. The van der Waals surface area contributed by atoms with Gasteiger partial charge in [0.25, 0.3) is 0 Å². The lowest BCUT2D eigenvalue weighted by Crippen LogP contribution is -2.39. The van der Waals surface area contributed by atoms with E-state index in [1.165, 1.54) is 32.2 Å². The van der Waals surface area contributed by atoms with Gasteiger partial charge in [0, 0.05) is 24.7 Å². The number of aryl methyl sites for hydroxylation is 1. The summed E-state index contributed by atoms with van der Waals surface area (Å²) in [6.07, 6.45) is 5.20. The highest BCUT2D eigenvalue weighted by atomic mass is 16.5. The maximum atomic E-state index is 5.04. The molecule has 96 valence electrons. The van der Waals surface area contributed by atoms with E-state index in [-0.39, 0.29) is 0 Å². The molecule has 0 bridgehead atoms. The summed E-state index contributed by atoms with van der Waals surface area (Å²) in [5.41, 5.74) is 0.992. The first kappa shape index (κ1) is 12.6. The molecule has 1 aliphatic rings. The molecule has 0 aliphatic carbocycles. The minimum absolute atomic E-state index is 0.516. The van der Waals surface area contributed by atoms with Crippen molar-refractivity contribution >= 4 is 0 Å². The van der Waals surface area contributed by atoms with Gasteiger partial charge in [0.15, 0.2) is 0 Å². The van der Waals surface area contributed by atoms with Gasteiger partial charge in [-0.05, 0) is 39.7 Å². The Labute approximate surface area is 103 Å². The summed E-state index contributed by atoms with van der Waals surface area (Å²) in [5, 5.41) is 11.1. The van der Waals surface area contributed by atoms with Crippen molar-refractivity contribution in [1.29, 1.82) is 0 Å². The van der Waals surface area contributed by atoms with E-state index in [0.717, 1.165) is 18.0 Å². The minimum Gasteiger partial charge on any atom is -0.361 e. The van der Waals surface area contributed by atoms with Crippen LogP contribution in [0.4, 0.5) is 0 Å². The quantitative estimate of drug-likeness (QED) is 0.822. The molecule has 0 spiro atoms. The van der Waals surface area contributed by atoms with Crippen LogP contribution in [0.25, 0.3) is 0 Å². The number of nitrogens with one attached hydrogen (secondary N) is 2. The zero-order valence-electron chi connectivity index (χ0n) is 10.8. The summed E-state index contributed by atoms with van der Waals surface area (Å²) in [6.45, 7) is 6.14. The Bertz CT molecular complexity index is 331. The summed E-state index contributed by atoms with van der Waals surface area (Å²) < 4.78 is 5.04. The molecule has 2 heterocycles. The second-order valence-corrected chi connectivity index (χ2v) is 5.09. The molecule has 1 fully saturated rings. The van der Waals surface area contributed by atoms with E-state index in [9.17, 15) is 0 Å². The van der Waals surface area contributed by atoms with Crippen molar-refractivity contribution in [2.75, 3.05) is 6.54 Å². The van der Waals surface area contributed by atoms with E-state index < -0.39 is 0 Å². The number of aromatic nitrogens is 1. The molecule has 1 saturated heterocycles. The number of piperidine rings is 1. The van der Waals surface area contributed by atoms with Crippen LogP contribution in [-0.4, -0.2) is 23.8 Å². The van der Waals surface area contributed by atoms with Gasteiger partial charge in [-0.3, -0.25) is 0 Å². The molecule has 17 heavy (non-hydrogen) atoms. The van der Waals surface area contributed by atoms with E-state index >= 15 is 0 Å². The summed E-state index contributed by atoms with van der Waals surface area (Å²) in [7, 11) is 0. The maximum absolute atomic E-state index is 5.04. The molecule has 1 aromatic heterocycles. The van der Waals surface area contributed by atoms with E-state index in [1.807, 2.05) is 13.0 Å². The van der Waals surface area contributed by atoms with Crippen LogP contribution in [-0.2, 0) is 6.54 Å². The van der Waals surface area contributed by atoms with Crippen molar-refractivity contribution in [3.8, 4) is 0 Å². The van der Waals surface area contributed by atoms with Gasteiger partial charge >= 0.3 is 0 Å². The van der Waals surface area contributed by atoms with Gasteiger partial charge in [-0.25, -0.2) is 0 Å². The van der Waals surface area contributed by atoms with Gasteiger partial charge in [0.1, 0.15) is 5.76 Å². The van der Waals surface area contributed by atoms with E-state index in [2.05, 4.69) is 22.7 Å². The molecule has 4 heteroatoms. The minimum atomic E-state index is 0.516. The molecule has 0 saturated carbocycles. The van der Waals surface area contributed by atoms with Gasteiger partial charge in [-0.1, -0.05) is 11.6 Å². The normalized spacial score (nSPS) is 22.6. The average Bonchev–Trinajstić information content (AvgIpc) is 2.74. The number of hydrogen-bond acceptors (Lipinski definition) is 4. The third-order valence-electron chi connectivity index (χ3n) is 3.36. The first-order chi connectivity index (χ1) is 8.24. The molecule has 2 rings (SSSR count). The van der Waals surface area contributed by atoms with Crippen LogP contribution >= 0.6 is 0 Å². The van der Waals surface area contributed by atoms with Crippen molar-refractivity contribution in [1.82, 2.24) is 15.8 Å². The molecule has 2 atom stereocenters. The lowest BCUT2D eigenvalue weighted by Gasteiger charge is -2.26. The monoisotopic (exact) mass is 237 g/mol. The zero-order chi connectivity index (χ0) is 12.1. The fourth-order valence-corrected chi connectivity index (χ4v) is 2.42. The Morgan fingerprint density at radius 3 is 3.12 bits per heavy atom. The smallest absolute Gasteiger partial charge is 0.133 e. The van der Waals surface area contributed by atoms with Crippen LogP contribution in [0.2, 0.25) is 0 Å². The van der Waals surface area contributed by atoms with Crippen LogP contribution in [0.15, 0.2) is 10.6 Å². The topological polar surface area (TPSA) is 50.1 Å². The number of hydrogen-bond donors (Lipinski definition) is 2. The Balaban J connectivity index is 1.68. The van der Waals surface area contributed by atoms with Gasteiger partial charge in [-0.2, -0.15) is 0 Å². The molecule has 2 unspecified atom stereocenters. The van der Waals surface area contributed by atoms with Crippen molar-refractivity contribution in [2.24, 2.45) is 0 Å². The number of rotatable bonds is 5. The van der Waals surface area contributed by atoms with Crippen LogP contribution in [0.1, 0.15) is 44.1 Å². The summed E-state index contributed by atoms with van der Waals surface area (Å²) in [5.74, 6) is 0.878. The Morgan fingerprint density at radius 2 is 2.47 bits per heavy atom. The lowest BCUT2D eigenvalue weighted by atomic mass is 9.99. The summed E-state index contributed by atoms with van der Waals surface area (Å²) in [6, 6.07) is 3.19.